The Morgan fingerprint density at radius 3 is 2.02 bits per heavy atom. The van der Waals surface area contributed by atoms with Gasteiger partial charge in [0.2, 0.25) is 0 Å². The minimum Gasteiger partial charge on any atom is -0.480 e. The number of hydrogen-bond donors (Lipinski definition) is 6. The fourth-order valence-electron chi connectivity index (χ4n) is 6.29. The molecule has 15 nitrogen and oxygen atoms in total. The molecule has 342 valence electrons. The molecule has 0 saturated heterocycles. The fraction of sp³-hybridized carbons (Fsp3) is 0.682. The van der Waals surface area contributed by atoms with Crippen LogP contribution in [-0.2, 0) is 42.3 Å². The van der Waals surface area contributed by atoms with Crippen molar-refractivity contribution in [2.75, 3.05) is 19.8 Å². The number of unbranched alkanes of at least 4 members (excludes halogenated alkanes) is 5. The molecule has 60 heavy (non-hydrogen) atoms. The first-order valence-electron chi connectivity index (χ1n) is 21.5. The zero-order chi connectivity index (χ0) is 44.6. The molecule has 0 amide bonds. The van der Waals surface area contributed by atoms with E-state index in [4.69, 9.17) is 24.8 Å². The third kappa shape index (κ3) is 27.6. The van der Waals surface area contributed by atoms with E-state index in [1.54, 1.807) is 12.2 Å². The summed E-state index contributed by atoms with van der Waals surface area (Å²) in [5.74, 6) is -3.91. The van der Waals surface area contributed by atoms with Crippen LogP contribution in [0.3, 0.4) is 0 Å². The largest absolute Gasteiger partial charge is 0.480 e. The van der Waals surface area contributed by atoms with Gasteiger partial charge in [0.1, 0.15) is 18.4 Å². The first-order valence-corrected chi connectivity index (χ1v) is 23.0. The average Bonchev–Trinajstić information content (AvgIpc) is 3.47. The van der Waals surface area contributed by atoms with E-state index >= 15 is 0 Å². The molecular formula is C44H72NO14P. The smallest absolute Gasteiger partial charge is 0.472 e. The lowest BCUT2D eigenvalue weighted by molar-refractivity contribution is -0.161. The highest BCUT2D eigenvalue weighted by molar-refractivity contribution is 7.47. The van der Waals surface area contributed by atoms with Gasteiger partial charge in [-0.1, -0.05) is 93.9 Å². The third-order valence-corrected chi connectivity index (χ3v) is 10.7. The highest BCUT2D eigenvalue weighted by Gasteiger charge is 2.41. The van der Waals surface area contributed by atoms with Gasteiger partial charge in [0.15, 0.2) is 6.10 Å². The number of carbonyl (C=O) groups excluding carboxylic acids is 3. The van der Waals surface area contributed by atoms with Crippen LogP contribution in [0.5, 0.6) is 0 Å². The number of Topliss-reactive ketones (excluding diaryl/α,β-unsaturated/α-hetero) is 1. The van der Waals surface area contributed by atoms with Gasteiger partial charge in [-0.05, 0) is 64.2 Å². The van der Waals surface area contributed by atoms with E-state index in [9.17, 15) is 44.0 Å². The summed E-state index contributed by atoms with van der Waals surface area (Å²) in [5, 5.41) is 40.2. The number of nitrogens with two attached hydrogens (primary N) is 1. The molecule has 0 aliphatic heterocycles. The van der Waals surface area contributed by atoms with Crippen LogP contribution in [0.4, 0.5) is 0 Å². The molecule has 0 spiro atoms. The van der Waals surface area contributed by atoms with Gasteiger partial charge >= 0.3 is 25.7 Å². The van der Waals surface area contributed by atoms with Crippen LogP contribution in [0.15, 0.2) is 60.8 Å². The number of ketones is 1. The second-order valence-corrected chi connectivity index (χ2v) is 16.5. The Morgan fingerprint density at radius 1 is 0.767 bits per heavy atom. The lowest BCUT2D eigenvalue weighted by Gasteiger charge is -2.21. The van der Waals surface area contributed by atoms with Crippen molar-refractivity contribution in [3.05, 3.63) is 60.8 Å². The van der Waals surface area contributed by atoms with E-state index in [0.29, 0.717) is 19.3 Å². The Balaban J connectivity index is 2.58. The van der Waals surface area contributed by atoms with E-state index in [1.165, 1.54) is 0 Å². The van der Waals surface area contributed by atoms with Gasteiger partial charge in [0.25, 0.3) is 0 Å². The molecule has 1 aliphatic carbocycles. The van der Waals surface area contributed by atoms with Gasteiger partial charge in [-0.15, -0.1) is 0 Å². The first-order chi connectivity index (χ1) is 28.7. The molecule has 0 bridgehead atoms. The predicted molar refractivity (Wildman–Crippen MR) is 228 cm³/mol. The number of aliphatic hydroxyl groups is 3. The van der Waals surface area contributed by atoms with Crippen LogP contribution in [-0.4, -0.2) is 99.3 Å². The summed E-state index contributed by atoms with van der Waals surface area (Å²) in [6.45, 7) is 2.13. The van der Waals surface area contributed by atoms with Crippen LogP contribution >= 0.6 is 7.82 Å². The summed E-state index contributed by atoms with van der Waals surface area (Å²) in [6, 6.07) is -1.59. The maximum absolute atomic E-state index is 12.9. The number of carboxylic acids is 1. The molecule has 0 aromatic carbocycles. The van der Waals surface area contributed by atoms with Crippen LogP contribution in [0.2, 0.25) is 0 Å². The summed E-state index contributed by atoms with van der Waals surface area (Å²) in [5.41, 5.74) is 5.31. The lowest BCUT2D eigenvalue weighted by Crippen LogP contribution is -2.34. The topological polar surface area (TPSA) is 249 Å². The second kappa shape index (κ2) is 33.4. The SMILES string of the molecule is CC/C=C\C/C=C\C/C=C\C/C=C\CCCCC(=O)OC[C@H](COP(=O)(O)OC[C@H](N)C(=O)O)OC(=O)CCCCC(=O)C[C@@H]1[C@@H](/C=C/[C@@H](O)CCCCC)[C@H](O)C[C@@H]1O. The Hall–Kier alpha value is -3.27. The molecule has 1 fully saturated rings. The number of hydrogen-bond acceptors (Lipinski definition) is 13. The van der Waals surface area contributed by atoms with Gasteiger partial charge < -0.3 is 40.5 Å². The second-order valence-electron chi connectivity index (χ2n) is 15.1. The highest BCUT2D eigenvalue weighted by Crippen LogP contribution is 2.43. The number of phosphoric acid groups is 1. The quantitative estimate of drug-likeness (QED) is 0.0167. The van der Waals surface area contributed by atoms with Crippen molar-refractivity contribution in [3.63, 3.8) is 0 Å². The Kier molecular flexibility index (Phi) is 30.4. The number of aliphatic carboxylic acids is 1. The summed E-state index contributed by atoms with van der Waals surface area (Å²) >= 11 is 0. The molecule has 0 heterocycles. The number of allylic oxidation sites excluding steroid dienone is 8. The average molecular weight is 870 g/mol. The van der Waals surface area contributed by atoms with E-state index < -0.39 is 87.8 Å². The fourth-order valence-corrected chi connectivity index (χ4v) is 7.06. The zero-order valence-electron chi connectivity index (χ0n) is 35.6. The number of phosphoric ester groups is 1. The van der Waals surface area contributed by atoms with Gasteiger partial charge in [-0.2, -0.15) is 0 Å². The van der Waals surface area contributed by atoms with Crippen LogP contribution < -0.4 is 5.73 Å². The van der Waals surface area contributed by atoms with Crippen LogP contribution in [0, 0.1) is 11.8 Å². The molecule has 0 aromatic rings. The Labute approximate surface area is 356 Å². The number of carboxylic acid groups (broad SMARTS) is 1. The van der Waals surface area contributed by atoms with E-state index in [2.05, 4.69) is 60.9 Å². The van der Waals surface area contributed by atoms with Crippen molar-refractivity contribution in [2.24, 2.45) is 17.6 Å². The van der Waals surface area contributed by atoms with Crippen molar-refractivity contribution in [1.29, 1.82) is 0 Å². The number of aliphatic hydroxyl groups excluding tert-OH is 3. The molecule has 1 rings (SSSR count). The third-order valence-electron chi connectivity index (χ3n) is 9.73. The van der Waals surface area contributed by atoms with Crippen molar-refractivity contribution in [1.82, 2.24) is 0 Å². The standard InChI is InChI=1S/C44H72NO14P/c1-3-5-7-8-9-10-11-12-13-14-15-16-17-18-20-25-42(50)56-31-36(32-57-60(54,55)58-33-39(45)44(52)53)59-43(51)26-22-21-24-35(47)29-38-37(40(48)30-41(38)49)28-27-34(46)23-19-6-4-2/h5,7,9-10,12-13,15-16,27-28,34,36-41,46,48-49H,3-4,6,8,11,14,17-26,29-33,45H2,1-2H3,(H,52,53)(H,54,55)/b7-5-,10-9-,13-12-,16-15-,28-27+/t34-,36+,37+,38+,39-,40+,41-/m0/s1. The zero-order valence-corrected chi connectivity index (χ0v) is 36.5. The van der Waals surface area contributed by atoms with E-state index in [1.807, 2.05) is 6.08 Å². The number of esters is 2. The number of ether oxygens (including phenoxy) is 2. The molecule has 7 N–H and O–H groups in total. The van der Waals surface area contributed by atoms with Crippen LogP contribution in [0.25, 0.3) is 0 Å². The normalized spacial score (nSPS) is 21.0. The first kappa shape index (κ1) is 54.7. The van der Waals surface area contributed by atoms with Gasteiger partial charge in [0.05, 0.1) is 31.5 Å². The summed E-state index contributed by atoms with van der Waals surface area (Å²) < 4.78 is 32.5. The molecular weight excluding hydrogens is 797 g/mol. The Bertz CT molecular complexity index is 1430. The highest BCUT2D eigenvalue weighted by atomic mass is 31.2. The van der Waals surface area contributed by atoms with Gasteiger partial charge in [-0.25, -0.2) is 4.57 Å². The predicted octanol–water partition coefficient (Wildman–Crippen LogP) is 6.73. The maximum Gasteiger partial charge on any atom is 0.472 e. The minimum atomic E-state index is -4.83. The summed E-state index contributed by atoms with van der Waals surface area (Å²) in [6.07, 6.45) is 26.5. The lowest BCUT2D eigenvalue weighted by atomic mass is 9.87. The molecule has 0 aromatic heterocycles. The number of rotatable bonds is 35. The van der Waals surface area contributed by atoms with E-state index in [0.717, 1.165) is 57.8 Å². The van der Waals surface area contributed by atoms with Crippen molar-refractivity contribution in [3.8, 4) is 0 Å². The van der Waals surface area contributed by atoms with Gasteiger partial charge in [-0.3, -0.25) is 28.2 Å². The van der Waals surface area contributed by atoms with Gasteiger partial charge in [0, 0.05) is 43.9 Å². The van der Waals surface area contributed by atoms with E-state index in [-0.39, 0.29) is 44.3 Å². The van der Waals surface area contributed by atoms with Crippen LogP contribution in [0.1, 0.15) is 129 Å². The van der Waals surface area contributed by atoms with Crippen molar-refractivity contribution >= 4 is 31.5 Å². The molecule has 8 atom stereocenters. The molecule has 16 heteroatoms. The van der Waals surface area contributed by atoms with Crippen molar-refractivity contribution < 1.29 is 67.6 Å². The molecule has 0 radical (unpaired) electrons. The van der Waals surface area contributed by atoms with Crippen molar-refractivity contribution in [2.45, 2.75) is 160 Å². The summed E-state index contributed by atoms with van der Waals surface area (Å²) in [7, 11) is -4.83. The minimum absolute atomic E-state index is 0.0273. The summed E-state index contributed by atoms with van der Waals surface area (Å²) in [4.78, 5) is 59.0. The Morgan fingerprint density at radius 2 is 1.37 bits per heavy atom. The maximum atomic E-state index is 12.9. The molecule has 1 unspecified atom stereocenters. The monoisotopic (exact) mass is 869 g/mol. The molecule has 1 aliphatic rings. The number of carbonyl (C=O) groups is 4. The molecule has 1 saturated carbocycles.